The lowest BCUT2D eigenvalue weighted by Crippen LogP contribution is -2.42. The first-order chi connectivity index (χ1) is 13.4. The summed E-state index contributed by atoms with van der Waals surface area (Å²) in [4.78, 5) is 28.6. The molecule has 3 heterocycles. The Balaban J connectivity index is 1.71. The lowest BCUT2D eigenvalue weighted by molar-refractivity contribution is -0.00576. The molecule has 0 spiro atoms. The van der Waals surface area contributed by atoms with Crippen LogP contribution in [-0.4, -0.2) is 96.4 Å². The van der Waals surface area contributed by atoms with Gasteiger partial charge in [0, 0.05) is 43.5 Å². The van der Waals surface area contributed by atoms with Gasteiger partial charge < -0.3 is 24.5 Å². The molecule has 156 valence electrons. The van der Waals surface area contributed by atoms with Crippen LogP contribution in [0.2, 0.25) is 0 Å². The lowest BCUT2D eigenvalue weighted by atomic mass is 10.1. The fraction of sp³-hybridized carbons (Fsp3) is 0.750. The number of hydrogen-bond acceptors (Lipinski definition) is 7. The first kappa shape index (κ1) is 21.0. The molecule has 1 aromatic rings. The van der Waals surface area contributed by atoms with E-state index in [1.54, 1.807) is 0 Å². The molecule has 2 saturated heterocycles. The third kappa shape index (κ3) is 4.61. The van der Waals surface area contributed by atoms with Gasteiger partial charge in [0.05, 0.1) is 19.3 Å². The average molecular weight is 392 g/mol. The van der Waals surface area contributed by atoms with Crippen LogP contribution in [0.15, 0.2) is 0 Å². The van der Waals surface area contributed by atoms with Gasteiger partial charge in [0.15, 0.2) is 0 Å². The molecule has 0 aliphatic carbocycles. The van der Waals surface area contributed by atoms with E-state index in [0.717, 1.165) is 49.4 Å². The van der Waals surface area contributed by atoms with Gasteiger partial charge in [0.2, 0.25) is 5.82 Å². The number of likely N-dealkylation sites (N-methyl/N-ethyl adjacent to an activating group) is 1. The molecule has 3 rings (SSSR count). The summed E-state index contributed by atoms with van der Waals surface area (Å²) >= 11 is 0. The van der Waals surface area contributed by atoms with Crippen molar-refractivity contribution in [2.75, 3.05) is 58.4 Å². The second kappa shape index (κ2) is 9.15. The zero-order chi connectivity index (χ0) is 20.3. The Morgan fingerprint density at radius 3 is 2.50 bits per heavy atom. The number of carbonyl (C=O) groups is 1. The monoisotopic (exact) mass is 391 g/mol. The Kier molecular flexibility index (Phi) is 6.85. The zero-order valence-corrected chi connectivity index (χ0v) is 17.5. The highest BCUT2D eigenvalue weighted by molar-refractivity contribution is 5.91. The molecule has 1 amide bonds. The summed E-state index contributed by atoms with van der Waals surface area (Å²) in [6, 6.07) is 0.506. The zero-order valence-electron chi connectivity index (χ0n) is 17.5. The molecule has 1 N–H and O–H groups in total. The number of ether oxygens (including phenoxy) is 1. The van der Waals surface area contributed by atoms with E-state index < -0.39 is 0 Å². The number of hydrogen-bond donors (Lipinski definition) is 1. The van der Waals surface area contributed by atoms with Gasteiger partial charge in [-0.1, -0.05) is 0 Å². The number of nitrogens with zero attached hydrogens (tertiary/aromatic N) is 5. The van der Waals surface area contributed by atoms with Crippen LogP contribution in [0.4, 0.5) is 5.82 Å². The van der Waals surface area contributed by atoms with Crippen LogP contribution in [-0.2, 0) is 4.74 Å². The van der Waals surface area contributed by atoms with E-state index in [1.807, 2.05) is 18.7 Å². The number of anilines is 1. The van der Waals surface area contributed by atoms with Crippen molar-refractivity contribution in [3.63, 3.8) is 0 Å². The number of amides is 1. The highest BCUT2D eigenvalue weighted by Gasteiger charge is 2.30. The molecule has 1 atom stereocenters. The SMILES string of the molecule is Cc1nc(C(=O)N2CCC(OCCO)CC2)nc(N2CC[C@@H](N(C)C)C2)c1C. The quantitative estimate of drug-likeness (QED) is 0.770. The molecule has 8 nitrogen and oxygen atoms in total. The molecule has 0 radical (unpaired) electrons. The van der Waals surface area contributed by atoms with E-state index in [1.165, 1.54) is 0 Å². The van der Waals surface area contributed by atoms with Gasteiger partial charge in [-0.25, -0.2) is 9.97 Å². The Morgan fingerprint density at radius 2 is 1.89 bits per heavy atom. The molecule has 1 aromatic heterocycles. The van der Waals surface area contributed by atoms with E-state index in [-0.39, 0.29) is 18.6 Å². The van der Waals surface area contributed by atoms with Crippen molar-refractivity contribution in [1.29, 1.82) is 0 Å². The van der Waals surface area contributed by atoms with E-state index in [0.29, 0.717) is 31.6 Å². The van der Waals surface area contributed by atoms with Crippen LogP contribution < -0.4 is 4.90 Å². The van der Waals surface area contributed by atoms with E-state index in [4.69, 9.17) is 14.8 Å². The van der Waals surface area contributed by atoms with Gasteiger partial charge in [-0.3, -0.25) is 4.79 Å². The number of carbonyl (C=O) groups excluding carboxylic acids is 1. The Labute approximate surface area is 167 Å². The largest absolute Gasteiger partial charge is 0.394 e. The van der Waals surface area contributed by atoms with Gasteiger partial charge in [-0.05, 0) is 47.2 Å². The Hall–Kier alpha value is -1.77. The van der Waals surface area contributed by atoms with Crippen molar-refractivity contribution in [3.8, 4) is 0 Å². The first-order valence-corrected chi connectivity index (χ1v) is 10.2. The van der Waals surface area contributed by atoms with Gasteiger partial charge in [-0.2, -0.15) is 0 Å². The highest BCUT2D eigenvalue weighted by atomic mass is 16.5. The third-order valence-corrected chi connectivity index (χ3v) is 5.92. The maximum atomic E-state index is 13.0. The topological polar surface area (TPSA) is 82.0 Å². The number of likely N-dealkylation sites (tertiary alicyclic amines) is 1. The molecule has 8 heteroatoms. The van der Waals surface area contributed by atoms with Crippen LogP contribution in [0.1, 0.15) is 41.1 Å². The molecule has 28 heavy (non-hydrogen) atoms. The minimum atomic E-state index is -0.103. The fourth-order valence-electron chi connectivity index (χ4n) is 3.96. The summed E-state index contributed by atoms with van der Waals surface area (Å²) in [5, 5.41) is 8.88. The van der Waals surface area contributed by atoms with Crippen LogP contribution >= 0.6 is 0 Å². The highest BCUT2D eigenvalue weighted by Crippen LogP contribution is 2.26. The molecule has 0 unspecified atom stereocenters. The van der Waals surface area contributed by atoms with Crippen molar-refractivity contribution in [3.05, 3.63) is 17.1 Å². The van der Waals surface area contributed by atoms with Crippen molar-refractivity contribution < 1.29 is 14.6 Å². The van der Waals surface area contributed by atoms with Crippen molar-refractivity contribution >= 4 is 11.7 Å². The number of aromatic nitrogens is 2. The second-order valence-corrected chi connectivity index (χ2v) is 8.02. The van der Waals surface area contributed by atoms with Crippen molar-refractivity contribution in [1.82, 2.24) is 19.8 Å². The molecule has 0 bridgehead atoms. The fourth-order valence-corrected chi connectivity index (χ4v) is 3.96. The number of aliphatic hydroxyl groups is 1. The van der Waals surface area contributed by atoms with Crippen LogP contribution in [0.25, 0.3) is 0 Å². The number of aryl methyl sites for hydroxylation is 1. The number of aliphatic hydroxyl groups excluding tert-OH is 1. The smallest absolute Gasteiger partial charge is 0.291 e. The van der Waals surface area contributed by atoms with E-state index >= 15 is 0 Å². The second-order valence-electron chi connectivity index (χ2n) is 8.02. The predicted molar refractivity (Wildman–Crippen MR) is 108 cm³/mol. The van der Waals surface area contributed by atoms with E-state index in [2.05, 4.69) is 28.9 Å². The van der Waals surface area contributed by atoms with Crippen LogP contribution in [0.3, 0.4) is 0 Å². The summed E-state index contributed by atoms with van der Waals surface area (Å²) < 4.78 is 5.59. The van der Waals surface area contributed by atoms with Crippen LogP contribution in [0.5, 0.6) is 0 Å². The van der Waals surface area contributed by atoms with Gasteiger partial charge in [-0.15, -0.1) is 0 Å². The molecule has 0 saturated carbocycles. The summed E-state index contributed by atoms with van der Waals surface area (Å²) in [6.45, 7) is 7.50. The normalized spacial score (nSPS) is 21.0. The molecule has 2 fully saturated rings. The van der Waals surface area contributed by atoms with Gasteiger partial charge in [0.1, 0.15) is 5.82 Å². The summed E-state index contributed by atoms with van der Waals surface area (Å²) in [5.41, 5.74) is 1.91. The summed E-state index contributed by atoms with van der Waals surface area (Å²) in [7, 11) is 4.21. The van der Waals surface area contributed by atoms with Crippen molar-refractivity contribution in [2.45, 2.75) is 45.3 Å². The van der Waals surface area contributed by atoms with E-state index in [9.17, 15) is 4.79 Å². The molecular weight excluding hydrogens is 358 g/mol. The van der Waals surface area contributed by atoms with Gasteiger partial charge >= 0.3 is 0 Å². The third-order valence-electron chi connectivity index (χ3n) is 5.92. The summed E-state index contributed by atoms with van der Waals surface area (Å²) in [5.74, 6) is 1.08. The molecule has 2 aliphatic heterocycles. The molecule has 0 aromatic carbocycles. The minimum absolute atomic E-state index is 0.0313. The predicted octanol–water partition coefficient (Wildman–Crippen LogP) is 0.847. The maximum absolute atomic E-state index is 13.0. The molecule has 2 aliphatic rings. The Bertz CT molecular complexity index is 689. The number of rotatable bonds is 6. The Morgan fingerprint density at radius 1 is 1.18 bits per heavy atom. The van der Waals surface area contributed by atoms with Gasteiger partial charge in [0.25, 0.3) is 5.91 Å². The molecular formula is C20H33N5O3. The lowest BCUT2D eigenvalue weighted by Gasteiger charge is -2.31. The average Bonchev–Trinajstić information content (AvgIpc) is 3.18. The standard InChI is InChI=1S/C20H33N5O3/c1-14-15(2)21-18(22-19(14)25-8-5-16(13-25)23(3)4)20(27)24-9-6-17(7-10-24)28-12-11-26/h16-17,26H,5-13H2,1-4H3/t16-/m1/s1. The minimum Gasteiger partial charge on any atom is -0.394 e. The maximum Gasteiger partial charge on any atom is 0.291 e. The van der Waals surface area contributed by atoms with Crippen molar-refractivity contribution in [2.24, 2.45) is 0 Å². The van der Waals surface area contributed by atoms with Crippen LogP contribution in [0, 0.1) is 13.8 Å². The summed E-state index contributed by atoms with van der Waals surface area (Å²) in [6.07, 6.45) is 2.76. The first-order valence-electron chi connectivity index (χ1n) is 10.2. The number of piperidine rings is 1.